The Hall–Kier alpha value is -2.75. The van der Waals surface area contributed by atoms with Gasteiger partial charge < -0.3 is 10.2 Å². The van der Waals surface area contributed by atoms with Crippen molar-refractivity contribution in [1.29, 1.82) is 5.26 Å². The van der Waals surface area contributed by atoms with E-state index in [0.717, 1.165) is 0 Å². The van der Waals surface area contributed by atoms with Crippen LogP contribution in [0.5, 0.6) is 5.75 Å². The van der Waals surface area contributed by atoms with Crippen LogP contribution in [0.4, 0.5) is 0 Å². The lowest BCUT2D eigenvalue weighted by atomic mass is 10.1. The number of aromatic hydroxyl groups is 1. The second kappa shape index (κ2) is 5.32. The van der Waals surface area contributed by atoms with E-state index in [1.165, 1.54) is 21.5 Å². The van der Waals surface area contributed by atoms with Crippen LogP contribution < -0.4 is 5.56 Å². The van der Waals surface area contributed by atoms with E-state index in [1.807, 2.05) is 19.9 Å². The second-order valence-corrected chi connectivity index (χ2v) is 5.21. The standard InChI is InChI=1S/C14H15N3O4/c1-8(2)3-4-16-13(19)11(14(20)21)12(18)10-5-9(6-15)7-17(10)16/h5,7-8,18H,3-4H2,1-2H3,(H,20,21). The van der Waals surface area contributed by atoms with Crippen LogP contribution in [0.15, 0.2) is 17.1 Å². The molecule has 21 heavy (non-hydrogen) atoms. The van der Waals surface area contributed by atoms with Crippen LogP contribution in [-0.2, 0) is 6.54 Å². The Balaban J connectivity index is 2.80. The van der Waals surface area contributed by atoms with Crippen molar-refractivity contribution in [1.82, 2.24) is 9.20 Å². The highest BCUT2D eigenvalue weighted by molar-refractivity contribution is 5.93. The zero-order chi connectivity index (χ0) is 15.7. The molecule has 2 heterocycles. The van der Waals surface area contributed by atoms with Crippen molar-refractivity contribution in [2.75, 3.05) is 0 Å². The SMILES string of the molecule is CC(C)CCn1c(=O)c(C(=O)O)c(O)c2cc(C#N)cn21. The average Bonchev–Trinajstić information content (AvgIpc) is 2.82. The summed E-state index contributed by atoms with van der Waals surface area (Å²) in [7, 11) is 0. The Kier molecular flexibility index (Phi) is 3.72. The molecule has 2 aromatic rings. The lowest BCUT2D eigenvalue weighted by Crippen LogP contribution is -2.31. The molecular formula is C14H15N3O4. The summed E-state index contributed by atoms with van der Waals surface area (Å²) in [4.78, 5) is 23.5. The molecule has 0 radical (unpaired) electrons. The zero-order valence-corrected chi connectivity index (χ0v) is 11.7. The Morgan fingerprint density at radius 1 is 1.48 bits per heavy atom. The summed E-state index contributed by atoms with van der Waals surface area (Å²) in [5, 5.41) is 28.0. The van der Waals surface area contributed by atoms with Gasteiger partial charge in [0.1, 0.15) is 11.6 Å². The van der Waals surface area contributed by atoms with Crippen molar-refractivity contribution in [3.63, 3.8) is 0 Å². The Morgan fingerprint density at radius 3 is 2.67 bits per heavy atom. The molecule has 0 bridgehead atoms. The number of nitrogens with zero attached hydrogens (tertiary/aromatic N) is 3. The molecule has 0 fully saturated rings. The molecule has 0 aliphatic heterocycles. The first-order valence-corrected chi connectivity index (χ1v) is 6.48. The number of rotatable bonds is 4. The minimum atomic E-state index is -1.49. The molecule has 0 aliphatic rings. The van der Waals surface area contributed by atoms with Crippen molar-refractivity contribution < 1.29 is 15.0 Å². The third-order valence-electron chi connectivity index (χ3n) is 3.25. The fraction of sp³-hybridized carbons (Fsp3) is 0.357. The number of carbonyl (C=O) groups is 1. The zero-order valence-electron chi connectivity index (χ0n) is 11.7. The maximum Gasteiger partial charge on any atom is 0.345 e. The average molecular weight is 289 g/mol. The number of aryl methyl sites for hydroxylation is 1. The fourth-order valence-electron chi connectivity index (χ4n) is 2.13. The van der Waals surface area contributed by atoms with Crippen LogP contribution in [0.25, 0.3) is 5.52 Å². The number of hydrogen-bond acceptors (Lipinski definition) is 4. The highest BCUT2D eigenvalue weighted by Gasteiger charge is 2.22. The largest absolute Gasteiger partial charge is 0.505 e. The number of hydrogen-bond donors (Lipinski definition) is 2. The van der Waals surface area contributed by atoms with E-state index in [2.05, 4.69) is 0 Å². The van der Waals surface area contributed by atoms with Crippen molar-refractivity contribution in [3.05, 3.63) is 33.7 Å². The Labute approximate surface area is 120 Å². The van der Waals surface area contributed by atoms with Gasteiger partial charge in [0.2, 0.25) is 0 Å². The monoisotopic (exact) mass is 289 g/mol. The fourth-order valence-corrected chi connectivity index (χ4v) is 2.13. The summed E-state index contributed by atoms with van der Waals surface area (Å²) in [5.41, 5.74) is -1.08. The summed E-state index contributed by atoms with van der Waals surface area (Å²) < 4.78 is 2.57. The normalized spacial score (nSPS) is 11.0. The van der Waals surface area contributed by atoms with Gasteiger partial charge in [0.15, 0.2) is 11.3 Å². The van der Waals surface area contributed by atoms with Crippen LogP contribution in [-0.4, -0.2) is 25.4 Å². The van der Waals surface area contributed by atoms with Gasteiger partial charge >= 0.3 is 5.97 Å². The minimum Gasteiger partial charge on any atom is -0.505 e. The Bertz CT molecular complexity index is 808. The van der Waals surface area contributed by atoms with Crippen molar-refractivity contribution in [2.24, 2.45) is 5.92 Å². The molecule has 0 aromatic carbocycles. The van der Waals surface area contributed by atoms with Gasteiger partial charge in [-0.05, 0) is 18.4 Å². The van der Waals surface area contributed by atoms with Crippen LogP contribution >= 0.6 is 0 Å². The van der Waals surface area contributed by atoms with E-state index in [-0.39, 0.29) is 11.1 Å². The first-order valence-electron chi connectivity index (χ1n) is 6.48. The number of nitriles is 1. The van der Waals surface area contributed by atoms with Crippen LogP contribution in [0.3, 0.4) is 0 Å². The van der Waals surface area contributed by atoms with E-state index in [9.17, 15) is 14.7 Å². The van der Waals surface area contributed by atoms with E-state index in [0.29, 0.717) is 18.9 Å². The highest BCUT2D eigenvalue weighted by Crippen LogP contribution is 2.23. The lowest BCUT2D eigenvalue weighted by molar-refractivity contribution is 0.0690. The summed E-state index contributed by atoms with van der Waals surface area (Å²) in [5.74, 6) is -1.78. The van der Waals surface area contributed by atoms with Crippen LogP contribution in [0, 0.1) is 17.2 Å². The van der Waals surface area contributed by atoms with Gasteiger partial charge in [0, 0.05) is 12.7 Å². The van der Waals surface area contributed by atoms with Gasteiger partial charge in [0.05, 0.1) is 5.56 Å². The minimum absolute atomic E-state index is 0.132. The molecule has 0 atom stereocenters. The second-order valence-electron chi connectivity index (χ2n) is 5.21. The quantitative estimate of drug-likeness (QED) is 0.885. The van der Waals surface area contributed by atoms with Crippen LogP contribution in [0.1, 0.15) is 36.2 Å². The first-order chi connectivity index (χ1) is 9.86. The summed E-state index contributed by atoms with van der Waals surface area (Å²) >= 11 is 0. The van der Waals surface area contributed by atoms with Gasteiger partial charge in [0.25, 0.3) is 5.56 Å². The van der Waals surface area contributed by atoms with E-state index in [1.54, 1.807) is 0 Å². The van der Waals surface area contributed by atoms with Crippen molar-refractivity contribution in [3.8, 4) is 11.8 Å². The Morgan fingerprint density at radius 2 is 2.14 bits per heavy atom. The molecule has 2 aromatic heterocycles. The van der Waals surface area contributed by atoms with E-state index < -0.39 is 22.8 Å². The molecule has 7 nitrogen and oxygen atoms in total. The molecule has 0 unspecified atom stereocenters. The molecule has 110 valence electrons. The molecule has 0 spiro atoms. The first kappa shape index (κ1) is 14.7. The lowest BCUT2D eigenvalue weighted by Gasteiger charge is -2.13. The molecule has 0 saturated heterocycles. The summed E-state index contributed by atoms with van der Waals surface area (Å²) in [6, 6.07) is 3.26. The number of aromatic carboxylic acids is 1. The summed E-state index contributed by atoms with van der Waals surface area (Å²) in [6.45, 7) is 4.27. The molecule has 0 aliphatic carbocycles. The number of aromatic nitrogens is 2. The number of carboxylic acid groups (broad SMARTS) is 1. The van der Waals surface area contributed by atoms with Crippen molar-refractivity contribution >= 4 is 11.5 Å². The molecule has 0 saturated carbocycles. The van der Waals surface area contributed by atoms with E-state index in [4.69, 9.17) is 10.4 Å². The third kappa shape index (κ3) is 2.48. The topological polar surface area (TPSA) is 108 Å². The summed E-state index contributed by atoms with van der Waals surface area (Å²) in [6.07, 6.45) is 2.07. The number of carboxylic acids is 1. The van der Waals surface area contributed by atoms with Crippen molar-refractivity contribution in [2.45, 2.75) is 26.8 Å². The molecule has 0 amide bonds. The predicted molar refractivity (Wildman–Crippen MR) is 74.5 cm³/mol. The van der Waals surface area contributed by atoms with Gasteiger partial charge in [-0.25, -0.2) is 9.48 Å². The van der Waals surface area contributed by atoms with Gasteiger partial charge in [-0.15, -0.1) is 0 Å². The maximum atomic E-state index is 12.3. The highest BCUT2D eigenvalue weighted by atomic mass is 16.4. The van der Waals surface area contributed by atoms with Crippen LogP contribution in [0.2, 0.25) is 0 Å². The third-order valence-corrected chi connectivity index (χ3v) is 3.25. The van der Waals surface area contributed by atoms with Gasteiger partial charge in [-0.2, -0.15) is 5.26 Å². The molecule has 2 N–H and O–H groups in total. The molecule has 2 rings (SSSR count). The molecular weight excluding hydrogens is 274 g/mol. The van der Waals surface area contributed by atoms with E-state index >= 15 is 0 Å². The predicted octanol–water partition coefficient (Wildman–Crippen LogP) is 1.42. The molecule has 7 heteroatoms. The maximum absolute atomic E-state index is 12.3. The van der Waals surface area contributed by atoms with Gasteiger partial charge in [-0.1, -0.05) is 13.8 Å². The van der Waals surface area contributed by atoms with Gasteiger partial charge in [-0.3, -0.25) is 9.31 Å². The number of fused-ring (bicyclic) bond motifs is 1. The smallest absolute Gasteiger partial charge is 0.345 e.